The van der Waals surface area contributed by atoms with Crippen molar-refractivity contribution >= 4 is 11.9 Å². The minimum atomic E-state index is -0.798. The van der Waals surface area contributed by atoms with Gasteiger partial charge in [-0.2, -0.15) is 0 Å². The molecule has 3 atom stereocenters. The second-order valence-corrected chi connectivity index (χ2v) is 16.1. The summed E-state index contributed by atoms with van der Waals surface area (Å²) in [5.41, 5.74) is 0. The number of esters is 1. The van der Waals surface area contributed by atoms with Gasteiger partial charge in [0.1, 0.15) is 6.10 Å². The number of aliphatic hydroxyl groups excluding tert-OH is 2. The Morgan fingerprint density at radius 1 is 0.517 bits per heavy atom. The molecule has 0 aliphatic heterocycles. The van der Waals surface area contributed by atoms with Crippen LogP contribution in [0.3, 0.4) is 0 Å². The van der Waals surface area contributed by atoms with Gasteiger partial charge in [-0.05, 0) is 89.9 Å². The van der Waals surface area contributed by atoms with Crippen LogP contribution in [0.25, 0.3) is 0 Å². The van der Waals surface area contributed by atoms with Crippen molar-refractivity contribution in [3.05, 3.63) is 72.9 Å². The molecule has 58 heavy (non-hydrogen) atoms. The van der Waals surface area contributed by atoms with Crippen LogP contribution in [0.5, 0.6) is 0 Å². The molecule has 0 aromatic rings. The Kier molecular flexibility index (Phi) is 43.3. The summed E-state index contributed by atoms with van der Waals surface area (Å²) in [6.45, 7) is 6.29. The Morgan fingerprint density at radius 3 is 1.48 bits per heavy atom. The minimum Gasteiger partial charge on any atom is -0.462 e. The number of hydrogen-bond donors (Lipinski definition) is 3. The quantitative estimate of drug-likeness (QED) is 0.0324. The van der Waals surface area contributed by atoms with Gasteiger partial charge in [-0.1, -0.05) is 190 Å². The zero-order chi connectivity index (χ0) is 42.4. The van der Waals surface area contributed by atoms with Crippen LogP contribution in [-0.4, -0.2) is 46.9 Å². The summed E-state index contributed by atoms with van der Waals surface area (Å²) in [6.07, 6.45) is 56.8. The highest BCUT2D eigenvalue weighted by molar-refractivity contribution is 5.77. The van der Waals surface area contributed by atoms with Crippen LogP contribution in [0.4, 0.5) is 0 Å². The van der Waals surface area contributed by atoms with Crippen LogP contribution in [0, 0.1) is 0 Å². The number of aliphatic hydroxyl groups is 2. The van der Waals surface area contributed by atoms with Crippen LogP contribution < -0.4 is 5.32 Å². The normalized spacial score (nSPS) is 13.9. The van der Waals surface area contributed by atoms with E-state index in [1.165, 1.54) is 64.2 Å². The summed E-state index contributed by atoms with van der Waals surface area (Å²) in [5.74, 6) is -0.535. The lowest BCUT2D eigenvalue weighted by atomic mass is 10.0. The van der Waals surface area contributed by atoms with Gasteiger partial charge in [-0.3, -0.25) is 9.59 Å². The van der Waals surface area contributed by atoms with E-state index >= 15 is 0 Å². The summed E-state index contributed by atoms with van der Waals surface area (Å²) >= 11 is 0. The first kappa shape index (κ1) is 55.3. The van der Waals surface area contributed by atoms with E-state index in [9.17, 15) is 19.8 Å². The molecule has 0 bridgehead atoms. The van der Waals surface area contributed by atoms with Gasteiger partial charge in [0.25, 0.3) is 0 Å². The molecule has 0 radical (unpaired) electrons. The van der Waals surface area contributed by atoms with E-state index in [1.807, 2.05) is 0 Å². The second kappa shape index (κ2) is 45.4. The van der Waals surface area contributed by atoms with Gasteiger partial charge in [0.05, 0.1) is 25.2 Å². The first-order chi connectivity index (χ1) is 28.5. The van der Waals surface area contributed by atoms with E-state index in [4.69, 9.17) is 4.74 Å². The molecular weight excluding hydrogens is 719 g/mol. The van der Waals surface area contributed by atoms with E-state index < -0.39 is 18.2 Å². The van der Waals surface area contributed by atoms with Crippen LogP contribution >= 0.6 is 0 Å². The Morgan fingerprint density at radius 2 is 0.948 bits per heavy atom. The molecule has 6 heteroatoms. The van der Waals surface area contributed by atoms with Crippen LogP contribution in [0.2, 0.25) is 0 Å². The summed E-state index contributed by atoms with van der Waals surface area (Å²) in [4.78, 5) is 26.0. The van der Waals surface area contributed by atoms with Gasteiger partial charge in [-0.15, -0.1) is 0 Å². The molecule has 0 fully saturated rings. The standard InChI is InChI=1S/C52H91NO5/c1-4-7-10-13-16-19-21-22-23-24-25-26-27-28-30-33-36-39-42-45-52(57)58-48(43-40-37-34-31-18-15-12-9-6-3)46-51(56)53-49(47-54)50(55)44-41-38-35-32-29-20-17-14-11-8-5-2/h7,10,15-16,18-19,22-23,25-26,28,30,48-50,54-55H,4-6,8-9,11-14,17,20-21,24,27,29,31-47H2,1-3H3,(H,53,56)/b10-7-,18-15-,19-16-,23-22-,26-25-,30-28-. The van der Waals surface area contributed by atoms with Crippen molar-refractivity contribution in [1.29, 1.82) is 0 Å². The Bertz CT molecular complexity index is 1090. The van der Waals surface area contributed by atoms with Crippen molar-refractivity contribution in [2.45, 2.75) is 238 Å². The molecule has 0 heterocycles. The third-order valence-corrected chi connectivity index (χ3v) is 10.5. The summed E-state index contributed by atoms with van der Waals surface area (Å²) < 4.78 is 5.88. The zero-order valence-electron chi connectivity index (χ0n) is 37.9. The predicted molar refractivity (Wildman–Crippen MR) is 250 cm³/mol. The number of hydrogen-bond acceptors (Lipinski definition) is 5. The van der Waals surface area contributed by atoms with Gasteiger partial charge >= 0.3 is 5.97 Å². The lowest BCUT2D eigenvalue weighted by Crippen LogP contribution is -2.46. The fraction of sp³-hybridized carbons (Fsp3) is 0.731. The van der Waals surface area contributed by atoms with Gasteiger partial charge in [0, 0.05) is 6.42 Å². The predicted octanol–water partition coefficient (Wildman–Crippen LogP) is 14.2. The monoisotopic (exact) mass is 810 g/mol. The highest BCUT2D eigenvalue weighted by atomic mass is 16.5. The fourth-order valence-corrected chi connectivity index (χ4v) is 6.85. The molecule has 3 N–H and O–H groups in total. The average molecular weight is 810 g/mol. The lowest BCUT2D eigenvalue weighted by molar-refractivity contribution is -0.151. The number of unbranched alkanes of at least 4 members (excludes halogenated alkanes) is 18. The molecule has 1 amide bonds. The third kappa shape index (κ3) is 40.1. The van der Waals surface area contributed by atoms with Crippen molar-refractivity contribution in [3.63, 3.8) is 0 Å². The van der Waals surface area contributed by atoms with Crippen molar-refractivity contribution in [2.75, 3.05) is 6.61 Å². The maximum absolute atomic E-state index is 13.1. The number of amides is 1. The van der Waals surface area contributed by atoms with Crippen molar-refractivity contribution < 1.29 is 24.5 Å². The molecule has 0 aliphatic rings. The largest absolute Gasteiger partial charge is 0.462 e. The van der Waals surface area contributed by atoms with E-state index in [0.717, 1.165) is 109 Å². The molecule has 3 unspecified atom stereocenters. The number of carbonyl (C=O) groups excluding carboxylic acids is 2. The van der Waals surface area contributed by atoms with Gasteiger partial charge < -0.3 is 20.3 Å². The minimum absolute atomic E-state index is 0.0500. The van der Waals surface area contributed by atoms with Crippen LogP contribution in [0.1, 0.15) is 220 Å². The molecule has 6 nitrogen and oxygen atoms in total. The Hall–Kier alpha value is -2.70. The number of nitrogens with one attached hydrogen (secondary N) is 1. The molecule has 0 spiro atoms. The fourth-order valence-electron chi connectivity index (χ4n) is 6.85. The SMILES string of the molecule is CC/C=C\C/C=C\C/C=C\C/C=C\C/C=C\CCCCCC(=O)OC(CCCCC/C=C\CCCC)CC(=O)NC(CO)C(O)CCCCCCCCCCCCC. The highest BCUT2D eigenvalue weighted by Gasteiger charge is 2.24. The Balaban J connectivity index is 4.56. The first-order valence-corrected chi connectivity index (χ1v) is 24.2. The number of carbonyl (C=O) groups is 2. The second-order valence-electron chi connectivity index (χ2n) is 16.1. The van der Waals surface area contributed by atoms with E-state index in [1.54, 1.807) is 0 Å². The maximum Gasteiger partial charge on any atom is 0.306 e. The van der Waals surface area contributed by atoms with Gasteiger partial charge in [0.15, 0.2) is 0 Å². The molecule has 334 valence electrons. The van der Waals surface area contributed by atoms with Crippen molar-refractivity contribution in [3.8, 4) is 0 Å². The molecular formula is C52H91NO5. The molecule has 0 aromatic heterocycles. The van der Waals surface area contributed by atoms with E-state index in [2.05, 4.69) is 99.0 Å². The smallest absolute Gasteiger partial charge is 0.306 e. The summed E-state index contributed by atoms with van der Waals surface area (Å²) in [7, 11) is 0. The van der Waals surface area contributed by atoms with Crippen molar-refractivity contribution in [2.24, 2.45) is 0 Å². The molecule has 0 rings (SSSR count). The average Bonchev–Trinajstić information content (AvgIpc) is 3.22. The van der Waals surface area contributed by atoms with Crippen LogP contribution in [-0.2, 0) is 14.3 Å². The van der Waals surface area contributed by atoms with Crippen LogP contribution in [0.15, 0.2) is 72.9 Å². The lowest BCUT2D eigenvalue weighted by Gasteiger charge is -2.24. The first-order valence-electron chi connectivity index (χ1n) is 24.2. The third-order valence-electron chi connectivity index (χ3n) is 10.5. The van der Waals surface area contributed by atoms with Gasteiger partial charge in [0.2, 0.25) is 5.91 Å². The summed E-state index contributed by atoms with van der Waals surface area (Å²) in [5, 5.41) is 23.6. The maximum atomic E-state index is 13.1. The van der Waals surface area contributed by atoms with Crippen molar-refractivity contribution in [1.82, 2.24) is 5.32 Å². The molecule has 0 saturated carbocycles. The topological polar surface area (TPSA) is 95.9 Å². The van der Waals surface area contributed by atoms with E-state index in [0.29, 0.717) is 19.3 Å². The zero-order valence-corrected chi connectivity index (χ0v) is 37.9. The molecule has 0 aromatic carbocycles. The number of rotatable bonds is 42. The van der Waals surface area contributed by atoms with E-state index in [-0.39, 0.29) is 24.9 Å². The Labute approximate surface area is 358 Å². The number of allylic oxidation sites excluding steroid dienone is 12. The number of ether oxygens (including phenoxy) is 1. The van der Waals surface area contributed by atoms with Gasteiger partial charge in [-0.25, -0.2) is 0 Å². The molecule has 0 saturated heterocycles. The molecule has 0 aliphatic carbocycles. The highest BCUT2D eigenvalue weighted by Crippen LogP contribution is 2.17. The summed E-state index contributed by atoms with van der Waals surface area (Å²) in [6, 6.07) is -0.713.